The molecule has 4 bridgehead atoms. The van der Waals surface area contributed by atoms with E-state index in [0.717, 1.165) is 71.0 Å². The summed E-state index contributed by atoms with van der Waals surface area (Å²) in [6, 6.07) is 0. The van der Waals surface area contributed by atoms with Crippen molar-refractivity contribution in [3.05, 3.63) is 22.3 Å². The minimum atomic E-state index is 1.08. The van der Waals surface area contributed by atoms with Crippen LogP contribution < -0.4 is 0 Å². The molecular weight excluding hydrogens is 264 g/mol. The molecule has 0 spiro atoms. The summed E-state index contributed by atoms with van der Waals surface area (Å²) in [7, 11) is 0. The van der Waals surface area contributed by atoms with Crippen LogP contribution in [-0.4, -0.2) is 0 Å². The van der Waals surface area contributed by atoms with E-state index in [1.165, 1.54) is 0 Å². The summed E-state index contributed by atoms with van der Waals surface area (Å²) in [5.41, 5.74) is 8.64. The first-order chi connectivity index (χ1) is 10.9. The average Bonchev–Trinajstić information content (AvgIpc) is 3.26. The lowest BCUT2D eigenvalue weighted by atomic mass is 9.41. The zero-order valence-electron chi connectivity index (χ0n) is 13.2. The molecule has 4 saturated carbocycles. The molecule has 0 aromatic rings. The summed E-state index contributed by atoms with van der Waals surface area (Å²) in [6.45, 7) is 0. The van der Waals surface area contributed by atoms with Gasteiger partial charge in [-0.25, -0.2) is 0 Å². The van der Waals surface area contributed by atoms with Gasteiger partial charge in [-0.05, 0) is 110 Å². The van der Waals surface area contributed by atoms with E-state index >= 15 is 0 Å². The van der Waals surface area contributed by atoms with Crippen LogP contribution in [0.3, 0.4) is 0 Å². The molecule has 8 unspecified atom stereocenters. The van der Waals surface area contributed by atoms with Gasteiger partial charge in [-0.3, -0.25) is 0 Å². The number of rotatable bonds is 0. The Morgan fingerprint density at radius 3 is 0.955 bits per heavy atom. The molecule has 112 valence electrons. The Hall–Kier alpha value is -0.520. The lowest BCUT2D eigenvalue weighted by Crippen LogP contribution is -2.56. The molecule has 0 amide bonds. The van der Waals surface area contributed by atoms with Gasteiger partial charge in [-0.1, -0.05) is 22.3 Å². The fraction of sp³-hybridized carbons (Fsp3) is 0.818. The maximum Gasteiger partial charge on any atom is -0.0154 e. The number of hydrogen-bond acceptors (Lipinski definition) is 0. The molecule has 4 fully saturated rings. The molecule has 0 heteroatoms. The minimum absolute atomic E-state index is 1.08. The number of hydrogen-bond donors (Lipinski definition) is 0. The Balaban J connectivity index is 1.53. The highest BCUT2D eigenvalue weighted by atomic mass is 14.8. The monoisotopic (exact) mass is 288 g/mol. The van der Waals surface area contributed by atoms with Crippen LogP contribution in [0.1, 0.15) is 38.5 Å². The summed E-state index contributed by atoms with van der Waals surface area (Å²) in [5.74, 6) is 13.4. The van der Waals surface area contributed by atoms with Crippen LogP contribution >= 0.6 is 0 Å². The van der Waals surface area contributed by atoms with Gasteiger partial charge < -0.3 is 0 Å². The Kier molecular flexibility index (Phi) is 1.28. The number of allylic oxidation sites excluding steroid dienone is 4. The SMILES string of the molecule is C1CC2C3=C4C1C1C5CCC(C6=C5C5CC4C4C3CC6C54)C21. The van der Waals surface area contributed by atoms with Gasteiger partial charge in [-0.2, -0.15) is 0 Å². The van der Waals surface area contributed by atoms with E-state index in [2.05, 4.69) is 22.3 Å². The van der Waals surface area contributed by atoms with Crippen molar-refractivity contribution in [2.45, 2.75) is 38.5 Å². The minimum Gasteiger partial charge on any atom is -0.0636 e. The van der Waals surface area contributed by atoms with Crippen molar-refractivity contribution in [2.24, 2.45) is 71.0 Å². The fourth-order valence-corrected chi connectivity index (χ4v) is 11.5. The first-order valence-corrected chi connectivity index (χ1v) is 10.4. The van der Waals surface area contributed by atoms with Gasteiger partial charge in [0.2, 0.25) is 0 Å². The molecule has 0 heterocycles. The Bertz CT molecular complexity index is 632. The highest BCUT2D eigenvalue weighted by Gasteiger charge is 2.75. The Labute approximate surface area is 132 Å². The van der Waals surface area contributed by atoms with E-state index in [1.807, 2.05) is 0 Å². The molecule has 0 saturated heterocycles. The predicted molar refractivity (Wildman–Crippen MR) is 83.6 cm³/mol. The molecule has 0 radical (unpaired) electrons. The zero-order valence-corrected chi connectivity index (χ0v) is 13.2. The first kappa shape index (κ1) is 10.4. The smallest absolute Gasteiger partial charge is 0.0154 e. The molecular formula is C22H24. The van der Waals surface area contributed by atoms with E-state index in [9.17, 15) is 0 Å². The molecule has 0 aromatic heterocycles. The normalized spacial score (nSPS) is 72.0. The third kappa shape index (κ3) is 0.700. The van der Waals surface area contributed by atoms with Crippen molar-refractivity contribution in [1.29, 1.82) is 0 Å². The number of fused-ring (bicyclic) bond motifs is 2. The molecule has 0 aromatic carbocycles. The van der Waals surface area contributed by atoms with E-state index in [1.54, 1.807) is 38.5 Å². The van der Waals surface area contributed by atoms with Gasteiger partial charge in [0.15, 0.2) is 0 Å². The second-order valence-corrected chi connectivity index (χ2v) is 10.6. The van der Waals surface area contributed by atoms with Crippen molar-refractivity contribution in [1.82, 2.24) is 0 Å². The molecule has 10 aliphatic carbocycles. The van der Waals surface area contributed by atoms with E-state index in [-0.39, 0.29) is 0 Å². The van der Waals surface area contributed by atoms with Crippen LogP contribution in [0, 0.1) is 71.0 Å². The van der Waals surface area contributed by atoms with Crippen molar-refractivity contribution in [3.8, 4) is 0 Å². The standard InChI is InChI=1S/C22H24/c1-2-8-16-10-4-3-9-15(16)7(1)17-11-5-13-19(9)20(10)14-6-12(18(8)17)21(11)22(13)14/h7-16,21-22H,1-6H2. The van der Waals surface area contributed by atoms with Crippen molar-refractivity contribution >= 4 is 0 Å². The van der Waals surface area contributed by atoms with Gasteiger partial charge in [0.1, 0.15) is 0 Å². The fourth-order valence-electron chi connectivity index (χ4n) is 11.5. The predicted octanol–water partition coefficient (Wildman–Crippen LogP) is 4.44. The highest BCUT2D eigenvalue weighted by molar-refractivity contribution is 5.53. The van der Waals surface area contributed by atoms with Crippen molar-refractivity contribution in [3.63, 3.8) is 0 Å². The molecule has 0 nitrogen and oxygen atoms in total. The Morgan fingerprint density at radius 1 is 0.364 bits per heavy atom. The summed E-state index contributed by atoms with van der Waals surface area (Å²) in [4.78, 5) is 0. The van der Waals surface area contributed by atoms with Crippen LogP contribution in [0.2, 0.25) is 0 Å². The van der Waals surface area contributed by atoms with Crippen LogP contribution in [-0.2, 0) is 0 Å². The zero-order chi connectivity index (χ0) is 13.5. The quantitative estimate of drug-likeness (QED) is 0.578. The van der Waals surface area contributed by atoms with Gasteiger partial charge in [-0.15, -0.1) is 0 Å². The maximum atomic E-state index is 2.16. The summed E-state index contributed by atoms with van der Waals surface area (Å²) in [6.07, 6.45) is 9.67. The average molecular weight is 288 g/mol. The first-order valence-electron chi connectivity index (χ1n) is 10.4. The lowest BCUT2D eigenvalue weighted by Gasteiger charge is -2.64. The third-order valence-corrected chi connectivity index (χ3v) is 11.1. The summed E-state index contributed by atoms with van der Waals surface area (Å²) in [5, 5.41) is 0. The molecule has 8 atom stereocenters. The van der Waals surface area contributed by atoms with Crippen LogP contribution in [0.25, 0.3) is 0 Å². The second kappa shape index (κ2) is 2.72. The van der Waals surface area contributed by atoms with Crippen LogP contribution in [0.5, 0.6) is 0 Å². The van der Waals surface area contributed by atoms with Crippen LogP contribution in [0.4, 0.5) is 0 Å². The molecule has 0 aliphatic heterocycles. The topological polar surface area (TPSA) is 0 Å². The van der Waals surface area contributed by atoms with E-state index in [4.69, 9.17) is 0 Å². The van der Waals surface area contributed by atoms with E-state index in [0.29, 0.717) is 0 Å². The molecule has 22 heavy (non-hydrogen) atoms. The third-order valence-electron chi connectivity index (χ3n) is 11.1. The van der Waals surface area contributed by atoms with Gasteiger partial charge >= 0.3 is 0 Å². The molecule has 0 N–H and O–H groups in total. The largest absolute Gasteiger partial charge is 0.0636 e. The Morgan fingerprint density at radius 2 is 0.636 bits per heavy atom. The molecule has 10 rings (SSSR count). The van der Waals surface area contributed by atoms with Gasteiger partial charge in [0.25, 0.3) is 0 Å². The molecule has 10 aliphatic rings. The second-order valence-electron chi connectivity index (χ2n) is 10.6. The summed E-state index contributed by atoms with van der Waals surface area (Å²) < 4.78 is 0. The highest BCUT2D eigenvalue weighted by Crippen LogP contribution is 2.83. The summed E-state index contributed by atoms with van der Waals surface area (Å²) >= 11 is 0. The lowest BCUT2D eigenvalue weighted by molar-refractivity contribution is -0.0296. The van der Waals surface area contributed by atoms with Gasteiger partial charge in [0, 0.05) is 0 Å². The van der Waals surface area contributed by atoms with Crippen molar-refractivity contribution < 1.29 is 0 Å². The maximum absolute atomic E-state index is 2.16. The van der Waals surface area contributed by atoms with Crippen molar-refractivity contribution in [2.75, 3.05) is 0 Å². The van der Waals surface area contributed by atoms with Crippen LogP contribution in [0.15, 0.2) is 22.3 Å². The van der Waals surface area contributed by atoms with E-state index < -0.39 is 0 Å². The van der Waals surface area contributed by atoms with Gasteiger partial charge in [0.05, 0.1) is 0 Å².